The average molecular weight is 320 g/mol. The van der Waals surface area contributed by atoms with E-state index in [1.807, 2.05) is 42.3 Å². The van der Waals surface area contributed by atoms with Gasteiger partial charge >= 0.3 is 12.1 Å². The van der Waals surface area contributed by atoms with Crippen LogP contribution in [0.3, 0.4) is 0 Å². The minimum atomic E-state index is -0.305. The summed E-state index contributed by atoms with van der Waals surface area (Å²) in [5, 5.41) is 0. The van der Waals surface area contributed by atoms with Crippen molar-refractivity contribution in [1.29, 1.82) is 0 Å². The summed E-state index contributed by atoms with van der Waals surface area (Å²) in [6.45, 7) is 3.91. The molecular formula is C17H24N2O4. The lowest BCUT2D eigenvalue weighted by atomic mass is 10.2. The monoisotopic (exact) mass is 320 g/mol. The molecule has 23 heavy (non-hydrogen) atoms. The van der Waals surface area contributed by atoms with Crippen LogP contribution in [0.1, 0.15) is 18.9 Å². The first-order valence-electron chi connectivity index (χ1n) is 7.91. The maximum atomic E-state index is 12.1. The third-order valence-electron chi connectivity index (χ3n) is 3.93. The van der Waals surface area contributed by atoms with Crippen LogP contribution in [-0.4, -0.2) is 61.2 Å². The van der Waals surface area contributed by atoms with E-state index in [9.17, 15) is 9.59 Å². The van der Waals surface area contributed by atoms with Crippen molar-refractivity contribution in [2.24, 2.45) is 0 Å². The molecule has 1 aromatic carbocycles. The molecule has 0 aromatic heterocycles. The van der Waals surface area contributed by atoms with E-state index >= 15 is 0 Å². The number of hydrogen-bond acceptors (Lipinski definition) is 5. The molecule has 0 aliphatic carbocycles. The number of benzene rings is 1. The molecule has 1 atom stereocenters. The van der Waals surface area contributed by atoms with Gasteiger partial charge in [0.05, 0.1) is 13.2 Å². The van der Waals surface area contributed by atoms with Gasteiger partial charge in [-0.1, -0.05) is 30.3 Å². The predicted molar refractivity (Wildman–Crippen MR) is 85.9 cm³/mol. The second-order valence-electron chi connectivity index (χ2n) is 5.65. The van der Waals surface area contributed by atoms with Gasteiger partial charge in [-0.3, -0.25) is 9.69 Å². The summed E-state index contributed by atoms with van der Waals surface area (Å²) in [6.07, 6.45) is 0.525. The van der Waals surface area contributed by atoms with Gasteiger partial charge in [0.1, 0.15) is 6.61 Å². The molecule has 0 N–H and O–H groups in total. The van der Waals surface area contributed by atoms with Crippen LogP contribution in [0.15, 0.2) is 30.3 Å². The van der Waals surface area contributed by atoms with Crippen LogP contribution in [0.4, 0.5) is 4.79 Å². The standard InChI is InChI=1S/C17H24N2O4/c1-3-22-16(20)12-18(2)15-9-10-19(11-15)17(21)23-13-14-7-5-4-6-8-14/h4-8,15H,3,9-13H2,1-2H3/t15-/m1/s1. The van der Waals surface area contributed by atoms with Gasteiger partial charge in [0.2, 0.25) is 0 Å². The van der Waals surface area contributed by atoms with Crippen molar-refractivity contribution < 1.29 is 19.1 Å². The SMILES string of the molecule is CCOC(=O)CN(C)[C@@H]1CCN(C(=O)OCc2ccccc2)C1. The molecule has 0 bridgehead atoms. The molecular weight excluding hydrogens is 296 g/mol. The topological polar surface area (TPSA) is 59.1 Å². The summed E-state index contributed by atoms with van der Waals surface area (Å²) < 4.78 is 10.3. The van der Waals surface area contributed by atoms with Crippen molar-refractivity contribution in [3.8, 4) is 0 Å². The van der Waals surface area contributed by atoms with E-state index in [0.717, 1.165) is 12.0 Å². The Bertz CT molecular complexity index is 521. The van der Waals surface area contributed by atoms with Gasteiger partial charge in [-0.15, -0.1) is 0 Å². The molecule has 1 heterocycles. The molecule has 126 valence electrons. The van der Waals surface area contributed by atoms with E-state index in [2.05, 4.69) is 0 Å². The van der Waals surface area contributed by atoms with Crippen LogP contribution in [0.5, 0.6) is 0 Å². The third-order valence-corrected chi connectivity index (χ3v) is 3.93. The number of carbonyl (C=O) groups is 2. The van der Waals surface area contributed by atoms with Gasteiger partial charge in [0, 0.05) is 19.1 Å². The summed E-state index contributed by atoms with van der Waals surface area (Å²) in [5.74, 6) is -0.236. The second-order valence-corrected chi connectivity index (χ2v) is 5.65. The van der Waals surface area contributed by atoms with Crippen LogP contribution in [0.25, 0.3) is 0 Å². The number of hydrogen-bond donors (Lipinski definition) is 0. The highest BCUT2D eigenvalue weighted by atomic mass is 16.6. The van der Waals surface area contributed by atoms with Crippen molar-refractivity contribution in [1.82, 2.24) is 9.80 Å². The molecule has 0 unspecified atom stereocenters. The Kier molecular flexibility index (Phi) is 6.40. The number of likely N-dealkylation sites (tertiary alicyclic amines) is 1. The number of esters is 1. The van der Waals surface area contributed by atoms with Crippen molar-refractivity contribution >= 4 is 12.1 Å². The van der Waals surface area contributed by atoms with E-state index in [-0.39, 0.29) is 31.3 Å². The lowest BCUT2D eigenvalue weighted by molar-refractivity contribution is -0.144. The van der Waals surface area contributed by atoms with Crippen LogP contribution in [-0.2, 0) is 20.9 Å². The summed E-state index contributed by atoms with van der Waals surface area (Å²) in [6, 6.07) is 9.76. The van der Waals surface area contributed by atoms with Crippen LogP contribution in [0, 0.1) is 0 Å². The highest BCUT2D eigenvalue weighted by Gasteiger charge is 2.30. The molecule has 1 aromatic rings. The first kappa shape index (κ1) is 17.3. The Morgan fingerprint density at radius 1 is 1.26 bits per heavy atom. The molecule has 1 aliphatic heterocycles. The Morgan fingerprint density at radius 2 is 2.00 bits per heavy atom. The first-order valence-corrected chi connectivity index (χ1v) is 7.91. The van der Waals surface area contributed by atoms with Crippen molar-refractivity contribution in [2.45, 2.75) is 26.0 Å². The van der Waals surface area contributed by atoms with Gasteiger partial charge < -0.3 is 14.4 Å². The smallest absolute Gasteiger partial charge is 0.410 e. The Morgan fingerprint density at radius 3 is 2.70 bits per heavy atom. The molecule has 6 heteroatoms. The molecule has 0 saturated carbocycles. The Hall–Kier alpha value is -2.08. The Labute approximate surface area is 137 Å². The Balaban J connectivity index is 1.75. The van der Waals surface area contributed by atoms with Gasteiger partial charge in [0.25, 0.3) is 0 Å². The quantitative estimate of drug-likeness (QED) is 0.749. The van der Waals surface area contributed by atoms with Gasteiger partial charge in [-0.05, 0) is 26.0 Å². The van der Waals surface area contributed by atoms with E-state index in [1.165, 1.54) is 0 Å². The zero-order valence-electron chi connectivity index (χ0n) is 13.7. The predicted octanol–water partition coefficient (Wildman–Crippen LogP) is 1.89. The third kappa shape index (κ3) is 5.25. The summed E-state index contributed by atoms with van der Waals surface area (Å²) in [4.78, 5) is 27.2. The van der Waals surface area contributed by atoms with Crippen molar-refractivity contribution in [2.75, 3.05) is 33.3 Å². The van der Waals surface area contributed by atoms with Gasteiger partial charge in [0.15, 0.2) is 0 Å². The zero-order valence-corrected chi connectivity index (χ0v) is 13.7. The summed E-state index contributed by atoms with van der Waals surface area (Å²) in [7, 11) is 1.88. The van der Waals surface area contributed by atoms with E-state index in [4.69, 9.17) is 9.47 Å². The molecule has 0 spiro atoms. The van der Waals surface area contributed by atoms with Crippen LogP contribution in [0.2, 0.25) is 0 Å². The fraction of sp³-hybridized carbons (Fsp3) is 0.529. The molecule has 0 radical (unpaired) electrons. The van der Waals surface area contributed by atoms with Crippen LogP contribution >= 0.6 is 0 Å². The molecule has 1 aliphatic rings. The van der Waals surface area contributed by atoms with Crippen molar-refractivity contribution in [3.05, 3.63) is 35.9 Å². The lowest BCUT2D eigenvalue weighted by Crippen LogP contribution is -2.39. The van der Waals surface area contributed by atoms with Gasteiger partial charge in [-0.2, -0.15) is 0 Å². The number of carbonyl (C=O) groups excluding carboxylic acids is 2. The van der Waals surface area contributed by atoms with E-state index in [1.54, 1.807) is 11.8 Å². The maximum absolute atomic E-state index is 12.1. The van der Waals surface area contributed by atoms with Gasteiger partial charge in [-0.25, -0.2) is 4.79 Å². The number of likely N-dealkylation sites (N-methyl/N-ethyl adjacent to an activating group) is 1. The zero-order chi connectivity index (χ0) is 16.7. The van der Waals surface area contributed by atoms with E-state index < -0.39 is 0 Å². The number of ether oxygens (including phenoxy) is 2. The second kappa shape index (κ2) is 8.53. The molecule has 6 nitrogen and oxygen atoms in total. The largest absolute Gasteiger partial charge is 0.465 e. The highest BCUT2D eigenvalue weighted by Crippen LogP contribution is 2.16. The number of rotatable bonds is 6. The molecule has 1 amide bonds. The lowest BCUT2D eigenvalue weighted by Gasteiger charge is -2.23. The highest BCUT2D eigenvalue weighted by molar-refractivity contribution is 5.71. The number of amides is 1. The molecule has 1 saturated heterocycles. The number of nitrogens with zero attached hydrogens (tertiary/aromatic N) is 2. The molecule has 2 rings (SSSR count). The van der Waals surface area contributed by atoms with E-state index in [0.29, 0.717) is 19.7 Å². The summed E-state index contributed by atoms with van der Waals surface area (Å²) >= 11 is 0. The first-order chi connectivity index (χ1) is 11.1. The van der Waals surface area contributed by atoms with Crippen LogP contribution < -0.4 is 0 Å². The minimum absolute atomic E-state index is 0.156. The minimum Gasteiger partial charge on any atom is -0.465 e. The maximum Gasteiger partial charge on any atom is 0.410 e. The normalized spacial score (nSPS) is 17.3. The fourth-order valence-electron chi connectivity index (χ4n) is 2.62. The molecule has 1 fully saturated rings. The average Bonchev–Trinajstić information content (AvgIpc) is 3.04. The fourth-order valence-corrected chi connectivity index (χ4v) is 2.62. The summed E-state index contributed by atoms with van der Waals surface area (Å²) in [5.41, 5.74) is 0.969. The van der Waals surface area contributed by atoms with Crippen molar-refractivity contribution in [3.63, 3.8) is 0 Å².